The van der Waals surface area contributed by atoms with Crippen LogP contribution >= 0.6 is 0 Å². The van der Waals surface area contributed by atoms with E-state index in [1.54, 1.807) is 13.0 Å². The van der Waals surface area contributed by atoms with Gasteiger partial charge in [-0.1, -0.05) is 6.07 Å². The number of nitro benzene ring substituents is 1. The van der Waals surface area contributed by atoms with Gasteiger partial charge in [-0.25, -0.2) is 4.79 Å². The van der Waals surface area contributed by atoms with Crippen molar-refractivity contribution in [2.45, 2.75) is 19.9 Å². The highest BCUT2D eigenvalue weighted by molar-refractivity contribution is 6.35. The topological polar surface area (TPSA) is 106 Å². The number of hydrogen-bond donors (Lipinski definition) is 2. The lowest BCUT2D eigenvalue weighted by molar-refractivity contribution is -0.384. The van der Waals surface area contributed by atoms with E-state index >= 15 is 0 Å². The van der Waals surface area contributed by atoms with Crippen molar-refractivity contribution in [1.82, 2.24) is 5.43 Å². The summed E-state index contributed by atoms with van der Waals surface area (Å²) in [5, 5.41) is 10.7. The molecule has 1 aliphatic heterocycles. The molecule has 8 heteroatoms. The van der Waals surface area contributed by atoms with Crippen LogP contribution in [0.2, 0.25) is 0 Å². The van der Waals surface area contributed by atoms with E-state index in [9.17, 15) is 14.9 Å². The zero-order chi connectivity index (χ0) is 14.7. The predicted molar refractivity (Wildman–Crippen MR) is 72.4 cm³/mol. The lowest BCUT2D eigenvalue weighted by atomic mass is 10.2. The number of cyclic esters (lactones) is 1. The number of hydrazine groups is 1. The van der Waals surface area contributed by atoms with Gasteiger partial charge in [-0.3, -0.25) is 26.0 Å². The minimum Gasteiger partial charge on any atom is -0.458 e. The molecular formula is C12H14N4O4. The fraction of sp³-hybridized carbons (Fsp3) is 0.333. The number of esters is 1. The second kappa shape index (κ2) is 5.55. The largest absolute Gasteiger partial charge is 0.458 e. The van der Waals surface area contributed by atoms with E-state index in [2.05, 4.69) is 15.8 Å². The molecule has 2 N–H and O–H groups in total. The standard InChI is InChI=1S/C12H14N4O4/c1-7-3-4-9(16(18)19)5-10(7)14-15-11-12(17)20-6-8(2)13-11/h3-5,8,14H,6H2,1-2H3,(H,13,15)/t8-/m1/s1. The van der Waals surface area contributed by atoms with Crippen LogP contribution in [0.1, 0.15) is 12.5 Å². The number of carbonyl (C=O) groups excluding carboxylic acids is 1. The first kappa shape index (κ1) is 13.8. The van der Waals surface area contributed by atoms with Gasteiger partial charge in [-0.15, -0.1) is 0 Å². The van der Waals surface area contributed by atoms with Crippen molar-refractivity contribution in [2.24, 2.45) is 4.99 Å². The molecule has 0 fully saturated rings. The van der Waals surface area contributed by atoms with E-state index in [4.69, 9.17) is 4.74 Å². The van der Waals surface area contributed by atoms with Gasteiger partial charge in [-0.05, 0) is 19.4 Å². The molecule has 0 amide bonds. The summed E-state index contributed by atoms with van der Waals surface area (Å²) in [6.07, 6.45) is 0. The Morgan fingerprint density at radius 1 is 1.45 bits per heavy atom. The van der Waals surface area contributed by atoms with Crippen LogP contribution in [-0.4, -0.2) is 29.4 Å². The van der Waals surface area contributed by atoms with Crippen LogP contribution in [0.5, 0.6) is 0 Å². The molecule has 0 saturated carbocycles. The SMILES string of the molecule is Cc1ccc([N+](=O)[O-])cc1NNC1=N[C@H](C)COC1=O. The fourth-order valence-corrected chi connectivity index (χ4v) is 1.64. The van der Waals surface area contributed by atoms with E-state index in [0.717, 1.165) is 5.56 Å². The van der Waals surface area contributed by atoms with Gasteiger partial charge in [-0.2, -0.15) is 0 Å². The van der Waals surface area contributed by atoms with E-state index < -0.39 is 10.9 Å². The van der Waals surface area contributed by atoms with Crippen molar-refractivity contribution < 1.29 is 14.5 Å². The summed E-state index contributed by atoms with van der Waals surface area (Å²) in [5.74, 6) is -0.506. The van der Waals surface area contributed by atoms with E-state index in [-0.39, 0.29) is 24.2 Å². The van der Waals surface area contributed by atoms with Crippen LogP contribution in [0.25, 0.3) is 0 Å². The molecule has 2 rings (SSSR count). The summed E-state index contributed by atoms with van der Waals surface area (Å²) >= 11 is 0. The third-order valence-corrected chi connectivity index (χ3v) is 2.75. The Labute approximate surface area is 115 Å². The first-order valence-electron chi connectivity index (χ1n) is 5.99. The average molecular weight is 278 g/mol. The van der Waals surface area contributed by atoms with Crippen LogP contribution < -0.4 is 10.9 Å². The van der Waals surface area contributed by atoms with Crippen LogP contribution in [0, 0.1) is 17.0 Å². The van der Waals surface area contributed by atoms with Gasteiger partial charge < -0.3 is 4.74 Å². The Kier molecular flexibility index (Phi) is 3.83. The highest BCUT2D eigenvalue weighted by Crippen LogP contribution is 2.21. The third-order valence-electron chi connectivity index (χ3n) is 2.75. The molecule has 106 valence electrons. The summed E-state index contributed by atoms with van der Waals surface area (Å²) in [4.78, 5) is 25.8. The number of nitrogens with one attached hydrogen (secondary N) is 2. The van der Waals surface area contributed by atoms with Gasteiger partial charge in [0.25, 0.3) is 5.69 Å². The monoisotopic (exact) mass is 278 g/mol. The van der Waals surface area contributed by atoms with Gasteiger partial charge >= 0.3 is 5.97 Å². The molecule has 0 unspecified atom stereocenters. The predicted octanol–water partition coefficient (Wildman–Crippen LogP) is 1.16. The third kappa shape index (κ3) is 3.02. The number of hydrogen-bond acceptors (Lipinski definition) is 7. The van der Waals surface area contributed by atoms with Crippen LogP contribution in [0.4, 0.5) is 11.4 Å². The number of aliphatic imine (C=N–C) groups is 1. The van der Waals surface area contributed by atoms with Crippen LogP contribution in [0.15, 0.2) is 23.2 Å². The summed E-state index contributed by atoms with van der Waals surface area (Å²) in [6.45, 7) is 3.85. The molecule has 0 spiro atoms. The number of aryl methyl sites for hydroxylation is 1. The number of rotatable bonds is 3. The van der Waals surface area contributed by atoms with Gasteiger partial charge in [0.05, 0.1) is 16.7 Å². The maximum atomic E-state index is 11.5. The molecule has 1 aliphatic rings. The lowest BCUT2D eigenvalue weighted by Crippen LogP contribution is -2.41. The summed E-state index contributed by atoms with van der Waals surface area (Å²) in [5.41, 5.74) is 6.62. The Balaban J connectivity index is 2.12. The molecule has 1 atom stereocenters. The van der Waals surface area contributed by atoms with Crippen molar-refractivity contribution in [3.63, 3.8) is 0 Å². The number of ether oxygens (including phenoxy) is 1. The summed E-state index contributed by atoms with van der Waals surface area (Å²) in [7, 11) is 0. The number of amidine groups is 1. The molecule has 1 aromatic carbocycles. The second-order valence-electron chi connectivity index (χ2n) is 4.43. The minimum absolute atomic E-state index is 0.0403. The molecule has 0 radical (unpaired) electrons. The fourth-order valence-electron chi connectivity index (χ4n) is 1.64. The molecule has 20 heavy (non-hydrogen) atoms. The Hall–Kier alpha value is -2.64. The van der Waals surface area contributed by atoms with Gasteiger partial charge in [0, 0.05) is 12.1 Å². The number of carbonyl (C=O) groups is 1. The molecule has 8 nitrogen and oxygen atoms in total. The molecule has 0 saturated heterocycles. The molecular weight excluding hydrogens is 264 g/mol. The highest BCUT2D eigenvalue weighted by Gasteiger charge is 2.21. The van der Waals surface area contributed by atoms with Crippen LogP contribution in [-0.2, 0) is 9.53 Å². The van der Waals surface area contributed by atoms with Crippen molar-refractivity contribution in [3.05, 3.63) is 33.9 Å². The zero-order valence-corrected chi connectivity index (χ0v) is 11.0. The van der Waals surface area contributed by atoms with Gasteiger partial charge in [0.1, 0.15) is 6.61 Å². The van der Waals surface area contributed by atoms with E-state index in [1.165, 1.54) is 12.1 Å². The molecule has 0 aliphatic carbocycles. The Morgan fingerprint density at radius 3 is 2.90 bits per heavy atom. The van der Waals surface area contributed by atoms with Crippen molar-refractivity contribution in [2.75, 3.05) is 12.0 Å². The van der Waals surface area contributed by atoms with E-state index in [0.29, 0.717) is 5.69 Å². The van der Waals surface area contributed by atoms with Crippen molar-refractivity contribution in [3.8, 4) is 0 Å². The molecule has 1 heterocycles. The van der Waals surface area contributed by atoms with E-state index in [1.807, 2.05) is 6.92 Å². The lowest BCUT2D eigenvalue weighted by Gasteiger charge is -2.19. The smallest absolute Gasteiger partial charge is 0.375 e. The number of nitrogens with zero attached hydrogens (tertiary/aromatic N) is 2. The number of nitro groups is 1. The van der Waals surface area contributed by atoms with Crippen LogP contribution in [0.3, 0.4) is 0 Å². The highest BCUT2D eigenvalue weighted by atomic mass is 16.6. The zero-order valence-electron chi connectivity index (χ0n) is 11.0. The normalized spacial score (nSPS) is 18.0. The summed E-state index contributed by atoms with van der Waals surface area (Å²) < 4.78 is 4.90. The maximum absolute atomic E-state index is 11.5. The van der Waals surface area contributed by atoms with Crippen molar-refractivity contribution in [1.29, 1.82) is 0 Å². The maximum Gasteiger partial charge on any atom is 0.375 e. The number of benzene rings is 1. The quantitative estimate of drug-likeness (QED) is 0.488. The first-order valence-corrected chi connectivity index (χ1v) is 5.99. The van der Waals surface area contributed by atoms with Crippen molar-refractivity contribution >= 4 is 23.2 Å². The summed E-state index contributed by atoms with van der Waals surface area (Å²) in [6, 6.07) is 4.28. The Bertz CT molecular complexity index is 585. The molecule has 0 bridgehead atoms. The average Bonchev–Trinajstić information content (AvgIpc) is 2.41. The number of anilines is 1. The molecule has 1 aromatic rings. The minimum atomic E-state index is -0.557. The van der Waals surface area contributed by atoms with Gasteiger partial charge in [0.2, 0.25) is 5.84 Å². The van der Waals surface area contributed by atoms with Gasteiger partial charge in [0.15, 0.2) is 0 Å². The number of non-ortho nitro benzene ring substituents is 1. The Morgan fingerprint density at radius 2 is 2.20 bits per heavy atom. The first-order chi connectivity index (χ1) is 9.47. The molecule has 0 aromatic heterocycles. The second-order valence-corrected chi connectivity index (χ2v) is 4.43.